The Morgan fingerprint density at radius 2 is 1.97 bits per heavy atom. The number of amides is 2. The van der Waals surface area contributed by atoms with Crippen molar-refractivity contribution in [2.45, 2.75) is 44.3 Å². The van der Waals surface area contributed by atoms with Crippen molar-refractivity contribution in [1.82, 2.24) is 10.6 Å². The van der Waals surface area contributed by atoms with E-state index in [1.54, 1.807) is 24.3 Å². The number of nitrogens with zero attached hydrogens (tertiary/aromatic N) is 1. The Hall–Kier alpha value is -3.24. The van der Waals surface area contributed by atoms with E-state index in [4.69, 9.17) is 0 Å². The number of hydrogen-bond acceptors (Lipinski definition) is 4. The Labute approximate surface area is 191 Å². The van der Waals surface area contributed by atoms with Crippen LogP contribution in [0.1, 0.15) is 25.3 Å². The quantitative estimate of drug-likeness (QED) is 0.639. The maximum Gasteiger partial charge on any atom is 0.238 e. The number of nitrogens with one attached hydrogen (secondary N) is 3. The molecular formula is C26H25FN4O2. The second-order valence-electron chi connectivity index (χ2n) is 10.0. The summed E-state index contributed by atoms with van der Waals surface area (Å²) in [5.41, 5.74) is 3.02. The number of halogens is 1. The summed E-state index contributed by atoms with van der Waals surface area (Å²) in [5, 5.41) is 18.6. The van der Waals surface area contributed by atoms with Gasteiger partial charge in [0.1, 0.15) is 11.9 Å². The molecule has 1 saturated heterocycles. The fourth-order valence-electron chi connectivity index (χ4n) is 6.64. The Bertz CT molecular complexity index is 1210. The van der Waals surface area contributed by atoms with E-state index in [0.717, 1.165) is 23.8 Å². The largest absolute Gasteiger partial charge is 0.339 e. The van der Waals surface area contributed by atoms with Gasteiger partial charge in [0, 0.05) is 25.1 Å². The van der Waals surface area contributed by atoms with Gasteiger partial charge in [-0.3, -0.25) is 9.59 Å². The predicted octanol–water partition coefficient (Wildman–Crippen LogP) is 3.00. The SMILES string of the molecule is CC(=O)Nc1ccc(-c2ccc(C[C@@H](C#N)NC(=O)[C@H]3N[C@H]4C[C@@H]3C35CC3[C@H]45)c(F)c2)cc1. The van der Waals surface area contributed by atoms with Gasteiger partial charge in [-0.05, 0) is 70.9 Å². The average Bonchev–Trinajstić information content (AvgIpc) is 3.59. The normalized spacial score (nSPS) is 32.8. The summed E-state index contributed by atoms with van der Waals surface area (Å²) in [7, 11) is 0. The lowest BCUT2D eigenvalue weighted by Gasteiger charge is -2.27. The Balaban J connectivity index is 1.11. The second-order valence-corrected chi connectivity index (χ2v) is 10.0. The molecule has 168 valence electrons. The van der Waals surface area contributed by atoms with Gasteiger partial charge in [0.25, 0.3) is 0 Å². The van der Waals surface area contributed by atoms with Crippen molar-refractivity contribution < 1.29 is 14.0 Å². The summed E-state index contributed by atoms with van der Waals surface area (Å²) >= 11 is 0. The molecule has 0 radical (unpaired) electrons. The van der Waals surface area contributed by atoms with Crippen LogP contribution in [0.2, 0.25) is 0 Å². The fourth-order valence-corrected chi connectivity index (χ4v) is 6.64. The minimum Gasteiger partial charge on any atom is -0.339 e. The van der Waals surface area contributed by atoms with Gasteiger partial charge in [0.05, 0.1) is 12.1 Å². The number of benzene rings is 2. The lowest BCUT2D eigenvalue weighted by Crippen LogP contribution is -2.52. The highest BCUT2D eigenvalue weighted by molar-refractivity contribution is 5.89. The van der Waals surface area contributed by atoms with Crippen LogP contribution in [0.3, 0.4) is 0 Å². The predicted molar refractivity (Wildman–Crippen MR) is 120 cm³/mol. The van der Waals surface area contributed by atoms with E-state index in [2.05, 4.69) is 22.0 Å². The molecule has 2 aromatic rings. The molecule has 1 heterocycles. The first-order valence-corrected chi connectivity index (χ1v) is 11.5. The molecule has 2 bridgehead atoms. The van der Waals surface area contributed by atoms with Crippen LogP contribution < -0.4 is 16.0 Å². The summed E-state index contributed by atoms with van der Waals surface area (Å²) in [6, 6.07) is 13.7. The molecule has 33 heavy (non-hydrogen) atoms. The molecule has 2 amide bonds. The first kappa shape index (κ1) is 20.4. The molecule has 0 aromatic heterocycles. The number of carbonyl (C=O) groups excluding carboxylic acids is 2. The van der Waals surface area contributed by atoms with E-state index in [0.29, 0.717) is 34.2 Å². The van der Waals surface area contributed by atoms with Crippen molar-refractivity contribution in [1.29, 1.82) is 5.26 Å². The Kier molecular flexibility index (Phi) is 4.40. The molecular weight excluding hydrogens is 419 g/mol. The minimum absolute atomic E-state index is 0.118. The van der Waals surface area contributed by atoms with E-state index in [1.807, 2.05) is 12.1 Å². The van der Waals surface area contributed by atoms with Crippen molar-refractivity contribution >= 4 is 17.5 Å². The monoisotopic (exact) mass is 444 g/mol. The van der Waals surface area contributed by atoms with Gasteiger partial charge in [0.2, 0.25) is 11.8 Å². The molecule has 2 unspecified atom stereocenters. The average molecular weight is 445 g/mol. The van der Waals surface area contributed by atoms with Gasteiger partial charge in [-0.25, -0.2) is 4.39 Å². The molecule has 1 spiro atoms. The zero-order chi connectivity index (χ0) is 22.9. The van der Waals surface area contributed by atoms with E-state index >= 15 is 0 Å². The molecule has 7 atom stereocenters. The number of rotatable bonds is 6. The summed E-state index contributed by atoms with van der Waals surface area (Å²) in [4.78, 5) is 24.0. The molecule has 6 nitrogen and oxygen atoms in total. The molecule has 7 heteroatoms. The maximum atomic E-state index is 14.9. The highest BCUT2D eigenvalue weighted by Gasteiger charge is 2.89. The van der Waals surface area contributed by atoms with Crippen LogP contribution in [-0.4, -0.2) is 29.9 Å². The van der Waals surface area contributed by atoms with E-state index in [1.165, 1.54) is 19.4 Å². The molecule has 4 fully saturated rings. The van der Waals surface area contributed by atoms with Crippen molar-refractivity contribution in [2.75, 3.05) is 5.32 Å². The van der Waals surface area contributed by atoms with Crippen LogP contribution in [0.4, 0.5) is 10.1 Å². The number of piperidine rings is 1. The summed E-state index contributed by atoms with van der Waals surface area (Å²) in [6.45, 7) is 1.44. The summed E-state index contributed by atoms with van der Waals surface area (Å²) in [6.07, 6.45) is 2.45. The summed E-state index contributed by atoms with van der Waals surface area (Å²) < 4.78 is 14.9. The highest BCUT2D eigenvalue weighted by Crippen LogP contribution is 2.90. The third kappa shape index (κ3) is 3.16. The molecule has 6 rings (SSSR count). The van der Waals surface area contributed by atoms with Crippen molar-refractivity contribution in [3.8, 4) is 17.2 Å². The third-order valence-corrected chi connectivity index (χ3v) is 8.25. The van der Waals surface area contributed by atoms with Crippen LogP contribution >= 0.6 is 0 Å². The van der Waals surface area contributed by atoms with Gasteiger partial charge in [0.15, 0.2) is 0 Å². The van der Waals surface area contributed by atoms with E-state index < -0.39 is 11.9 Å². The van der Waals surface area contributed by atoms with Gasteiger partial charge in [-0.1, -0.05) is 24.3 Å². The van der Waals surface area contributed by atoms with Crippen molar-refractivity contribution in [3.63, 3.8) is 0 Å². The van der Waals surface area contributed by atoms with Crippen LogP contribution in [0.5, 0.6) is 0 Å². The first-order valence-electron chi connectivity index (χ1n) is 11.5. The number of anilines is 1. The van der Waals surface area contributed by atoms with Crippen LogP contribution in [-0.2, 0) is 16.0 Å². The van der Waals surface area contributed by atoms with Crippen LogP contribution in [0.15, 0.2) is 42.5 Å². The standard InChI is InChI=1S/C26H25FN4O2/c1-13(32)29-17-6-4-14(5-7-17)15-2-3-16(21(27)9-15)8-18(12-28)30-25(33)24-19-10-22(31-24)23-20-11-26(19,20)23/h2-7,9,18-20,22-24,31H,8,10-11H2,1H3,(H,29,32)(H,30,33)/t18-,19-,20?,22-,23+,24-,26?/m0/s1. The van der Waals surface area contributed by atoms with E-state index in [-0.39, 0.29) is 24.3 Å². The molecule has 3 aliphatic carbocycles. The molecule has 2 aromatic carbocycles. The van der Waals surface area contributed by atoms with Gasteiger partial charge < -0.3 is 16.0 Å². The van der Waals surface area contributed by atoms with Crippen LogP contribution in [0, 0.1) is 40.3 Å². The topological polar surface area (TPSA) is 94.0 Å². The third-order valence-electron chi connectivity index (χ3n) is 8.25. The fraction of sp³-hybridized carbons (Fsp3) is 0.423. The second kappa shape index (κ2) is 7.13. The number of fused-ring (bicyclic) bond motifs is 4. The zero-order valence-corrected chi connectivity index (χ0v) is 18.3. The Morgan fingerprint density at radius 3 is 2.61 bits per heavy atom. The smallest absolute Gasteiger partial charge is 0.238 e. The number of carbonyl (C=O) groups is 2. The molecule has 4 aliphatic rings. The lowest BCUT2D eigenvalue weighted by atomic mass is 9.89. The summed E-state index contributed by atoms with van der Waals surface area (Å²) in [5.74, 6) is 1.31. The first-order chi connectivity index (χ1) is 15.9. The zero-order valence-electron chi connectivity index (χ0n) is 18.3. The van der Waals surface area contributed by atoms with E-state index in [9.17, 15) is 19.2 Å². The molecule has 3 N–H and O–H groups in total. The van der Waals surface area contributed by atoms with Crippen LogP contribution in [0.25, 0.3) is 11.1 Å². The van der Waals surface area contributed by atoms with Gasteiger partial charge in [-0.2, -0.15) is 5.26 Å². The van der Waals surface area contributed by atoms with Crippen molar-refractivity contribution in [2.24, 2.45) is 23.2 Å². The van der Waals surface area contributed by atoms with Gasteiger partial charge >= 0.3 is 0 Å². The maximum absolute atomic E-state index is 14.9. The van der Waals surface area contributed by atoms with Gasteiger partial charge in [-0.15, -0.1) is 0 Å². The van der Waals surface area contributed by atoms with Crippen molar-refractivity contribution in [3.05, 3.63) is 53.8 Å². The highest BCUT2D eigenvalue weighted by atomic mass is 19.1. The number of hydrogen-bond donors (Lipinski definition) is 3. The molecule has 1 aliphatic heterocycles. The minimum atomic E-state index is -0.779. The Morgan fingerprint density at radius 1 is 1.21 bits per heavy atom. The molecule has 3 saturated carbocycles. The number of nitriles is 1. The lowest BCUT2D eigenvalue weighted by molar-refractivity contribution is -0.125.